The zero-order chi connectivity index (χ0) is 14.8. The van der Waals surface area contributed by atoms with Crippen molar-refractivity contribution >= 4 is 0 Å². The molecule has 112 valence electrons. The number of aryl methyl sites for hydroxylation is 1. The van der Waals surface area contributed by atoms with Crippen molar-refractivity contribution in [3.8, 4) is 5.75 Å². The van der Waals surface area contributed by atoms with E-state index in [2.05, 4.69) is 22.0 Å². The number of rotatable bonds is 3. The standard InChI is InChI=1S/C15H19N3O3/c1-10(15-16-11(2)21-17-15)18-6-7-20-14(9-18)12-4-3-5-13(19)8-12/h3-5,8,10,14,19H,6-7,9H2,1-2H3/t10-,14+/m1/s1. The van der Waals surface area contributed by atoms with E-state index in [0.29, 0.717) is 18.3 Å². The summed E-state index contributed by atoms with van der Waals surface area (Å²) in [6.07, 6.45) is -0.0544. The van der Waals surface area contributed by atoms with E-state index in [1.807, 2.05) is 12.1 Å². The maximum Gasteiger partial charge on any atom is 0.223 e. The predicted molar refractivity (Wildman–Crippen MR) is 75.8 cm³/mol. The molecule has 1 N–H and O–H groups in total. The quantitative estimate of drug-likeness (QED) is 0.934. The number of morpholine rings is 1. The van der Waals surface area contributed by atoms with E-state index in [9.17, 15) is 5.11 Å². The molecule has 0 unspecified atom stereocenters. The molecule has 1 saturated heterocycles. The fourth-order valence-corrected chi connectivity index (χ4v) is 2.60. The first-order valence-electron chi connectivity index (χ1n) is 7.08. The molecule has 6 heteroatoms. The number of ether oxygens (including phenoxy) is 1. The molecule has 0 aliphatic carbocycles. The summed E-state index contributed by atoms with van der Waals surface area (Å²) >= 11 is 0. The van der Waals surface area contributed by atoms with E-state index in [-0.39, 0.29) is 17.9 Å². The van der Waals surface area contributed by atoms with Crippen molar-refractivity contribution < 1.29 is 14.4 Å². The molecular weight excluding hydrogens is 270 g/mol. The fourth-order valence-electron chi connectivity index (χ4n) is 2.60. The van der Waals surface area contributed by atoms with Crippen LogP contribution < -0.4 is 0 Å². The largest absolute Gasteiger partial charge is 0.508 e. The van der Waals surface area contributed by atoms with Crippen LogP contribution in [0.5, 0.6) is 5.75 Å². The van der Waals surface area contributed by atoms with Crippen molar-refractivity contribution in [3.05, 3.63) is 41.5 Å². The van der Waals surface area contributed by atoms with Crippen molar-refractivity contribution in [2.24, 2.45) is 0 Å². The van der Waals surface area contributed by atoms with Gasteiger partial charge in [0.1, 0.15) is 5.75 Å². The van der Waals surface area contributed by atoms with Crippen LogP contribution in [0, 0.1) is 6.92 Å². The van der Waals surface area contributed by atoms with E-state index in [4.69, 9.17) is 9.26 Å². The lowest BCUT2D eigenvalue weighted by Crippen LogP contribution is -2.40. The highest BCUT2D eigenvalue weighted by Gasteiger charge is 2.28. The van der Waals surface area contributed by atoms with E-state index < -0.39 is 0 Å². The highest BCUT2D eigenvalue weighted by molar-refractivity contribution is 5.29. The Balaban J connectivity index is 1.73. The number of hydrogen-bond acceptors (Lipinski definition) is 6. The van der Waals surface area contributed by atoms with Crippen molar-refractivity contribution in [2.45, 2.75) is 26.0 Å². The second kappa shape index (κ2) is 5.83. The monoisotopic (exact) mass is 289 g/mol. The molecule has 0 spiro atoms. The lowest BCUT2D eigenvalue weighted by Gasteiger charge is -2.35. The molecule has 1 aliphatic heterocycles. The Labute approximate surface area is 123 Å². The molecule has 0 saturated carbocycles. The molecule has 2 heterocycles. The van der Waals surface area contributed by atoms with Gasteiger partial charge in [0, 0.05) is 20.0 Å². The molecule has 1 aromatic heterocycles. The Kier molecular flexibility index (Phi) is 3.90. The van der Waals surface area contributed by atoms with Gasteiger partial charge >= 0.3 is 0 Å². The summed E-state index contributed by atoms with van der Waals surface area (Å²) < 4.78 is 10.9. The van der Waals surface area contributed by atoms with Crippen molar-refractivity contribution in [3.63, 3.8) is 0 Å². The topological polar surface area (TPSA) is 71.6 Å². The number of aromatic hydroxyl groups is 1. The van der Waals surface area contributed by atoms with Gasteiger partial charge in [-0.15, -0.1) is 0 Å². The molecule has 6 nitrogen and oxygen atoms in total. The van der Waals surface area contributed by atoms with Crippen LogP contribution in [0.15, 0.2) is 28.8 Å². The predicted octanol–water partition coefficient (Wildman–Crippen LogP) is 2.22. The first kappa shape index (κ1) is 14.0. The number of nitrogens with zero attached hydrogens (tertiary/aromatic N) is 3. The Hall–Kier alpha value is -1.92. The number of aromatic nitrogens is 2. The lowest BCUT2D eigenvalue weighted by atomic mass is 10.1. The molecule has 0 amide bonds. The zero-order valence-electron chi connectivity index (χ0n) is 12.2. The first-order chi connectivity index (χ1) is 10.1. The average Bonchev–Trinajstić information content (AvgIpc) is 2.93. The van der Waals surface area contributed by atoms with Crippen LogP contribution in [0.2, 0.25) is 0 Å². The number of phenols is 1. The molecule has 1 fully saturated rings. The van der Waals surface area contributed by atoms with Gasteiger partial charge in [0.15, 0.2) is 5.82 Å². The molecule has 1 aromatic carbocycles. The van der Waals surface area contributed by atoms with Crippen LogP contribution >= 0.6 is 0 Å². The van der Waals surface area contributed by atoms with Gasteiger partial charge in [-0.05, 0) is 24.6 Å². The third kappa shape index (κ3) is 3.06. The normalized spacial score (nSPS) is 21.3. The fraction of sp³-hybridized carbons (Fsp3) is 0.467. The number of benzene rings is 1. The Morgan fingerprint density at radius 2 is 2.29 bits per heavy atom. The van der Waals surface area contributed by atoms with Crippen LogP contribution in [0.1, 0.15) is 36.3 Å². The third-order valence-electron chi connectivity index (χ3n) is 3.80. The van der Waals surface area contributed by atoms with Crippen molar-refractivity contribution in [1.82, 2.24) is 15.0 Å². The maximum absolute atomic E-state index is 9.60. The Bertz CT molecular complexity index is 614. The second-order valence-corrected chi connectivity index (χ2v) is 5.30. The minimum atomic E-state index is -0.0544. The molecule has 2 aromatic rings. The van der Waals surface area contributed by atoms with Gasteiger partial charge in [-0.2, -0.15) is 4.98 Å². The van der Waals surface area contributed by atoms with Gasteiger partial charge in [-0.1, -0.05) is 17.3 Å². The summed E-state index contributed by atoms with van der Waals surface area (Å²) in [6.45, 7) is 6.05. The molecular formula is C15H19N3O3. The highest BCUT2D eigenvalue weighted by Crippen LogP contribution is 2.28. The lowest BCUT2D eigenvalue weighted by molar-refractivity contribution is -0.0445. The molecule has 3 rings (SSSR count). The maximum atomic E-state index is 9.60. The summed E-state index contributed by atoms with van der Waals surface area (Å²) in [6, 6.07) is 7.29. The zero-order valence-corrected chi connectivity index (χ0v) is 12.2. The molecule has 0 bridgehead atoms. The van der Waals surface area contributed by atoms with Crippen LogP contribution in [0.3, 0.4) is 0 Å². The second-order valence-electron chi connectivity index (χ2n) is 5.30. The van der Waals surface area contributed by atoms with Gasteiger partial charge in [-0.3, -0.25) is 4.90 Å². The van der Waals surface area contributed by atoms with E-state index in [0.717, 1.165) is 18.7 Å². The summed E-state index contributed by atoms with van der Waals surface area (Å²) in [5.74, 6) is 1.54. The highest BCUT2D eigenvalue weighted by atomic mass is 16.5. The smallest absolute Gasteiger partial charge is 0.223 e. The van der Waals surface area contributed by atoms with E-state index >= 15 is 0 Å². The number of phenolic OH excluding ortho intramolecular Hbond substituents is 1. The van der Waals surface area contributed by atoms with E-state index in [1.54, 1.807) is 19.1 Å². The SMILES string of the molecule is Cc1nc([C@@H](C)N2CCO[C@H](c3cccc(O)c3)C2)no1. The summed E-state index contributed by atoms with van der Waals surface area (Å²) in [4.78, 5) is 6.56. The Morgan fingerprint density at radius 3 is 3.00 bits per heavy atom. The van der Waals surface area contributed by atoms with Crippen molar-refractivity contribution in [2.75, 3.05) is 19.7 Å². The first-order valence-corrected chi connectivity index (χ1v) is 7.08. The molecule has 1 aliphatic rings. The van der Waals surface area contributed by atoms with Gasteiger partial charge in [0.25, 0.3) is 0 Å². The van der Waals surface area contributed by atoms with Gasteiger partial charge < -0.3 is 14.4 Å². The average molecular weight is 289 g/mol. The van der Waals surface area contributed by atoms with E-state index in [1.165, 1.54) is 0 Å². The minimum Gasteiger partial charge on any atom is -0.508 e. The Morgan fingerprint density at radius 1 is 1.43 bits per heavy atom. The minimum absolute atomic E-state index is 0.0544. The molecule has 21 heavy (non-hydrogen) atoms. The summed E-state index contributed by atoms with van der Waals surface area (Å²) in [5, 5.41) is 13.6. The third-order valence-corrected chi connectivity index (χ3v) is 3.80. The van der Waals surface area contributed by atoms with Crippen molar-refractivity contribution in [1.29, 1.82) is 0 Å². The van der Waals surface area contributed by atoms with Crippen LogP contribution in [-0.2, 0) is 4.74 Å². The van der Waals surface area contributed by atoms with Gasteiger partial charge in [0.2, 0.25) is 5.89 Å². The summed E-state index contributed by atoms with van der Waals surface area (Å²) in [5.41, 5.74) is 0.983. The molecule has 0 radical (unpaired) electrons. The van der Waals surface area contributed by atoms with Crippen LogP contribution in [0.4, 0.5) is 0 Å². The van der Waals surface area contributed by atoms with Gasteiger partial charge in [0.05, 0.1) is 18.8 Å². The molecule has 2 atom stereocenters. The van der Waals surface area contributed by atoms with Crippen LogP contribution in [-0.4, -0.2) is 39.8 Å². The van der Waals surface area contributed by atoms with Crippen LogP contribution in [0.25, 0.3) is 0 Å². The summed E-state index contributed by atoms with van der Waals surface area (Å²) in [7, 11) is 0. The van der Waals surface area contributed by atoms with Gasteiger partial charge in [-0.25, -0.2) is 0 Å². The number of hydrogen-bond donors (Lipinski definition) is 1.